The second-order valence-electron chi connectivity index (χ2n) is 4.97. The second kappa shape index (κ2) is 8.26. The lowest BCUT2D eigenvalue weighted by Crippen LogP contribution is -2.43. The summed E-state index contributed by atoms with van der Waals surface area (Å²) in [4.78, 5) is 24.1. The van der Waals surface area contributed by atoms with Crippen molar-refractivity contribution in [2.45, 2.75) is 13.0 Å². The van der Waals surface area contributed by atoms with Crippen molar-refractivity contribution in [3.63, 3.8) is 0 Å². The summed E-state index contributed by atoms with van der Waals surface area (Å²) in [6.45, 7) is 1.56. The number of carbonyl (C=O) groups excluding carboxylic acids is 2. The number of amides is 2. The highest BCUT2D eigenvalue weighted by atomic mass is 79.9. The van der Waals surface area contributed by atoms with Gasteiger partial charge in [0, 0.05) is 10.0 Å². The van der Waals surface area contributed by atoms with Crippen LogP contribution in [0, 0.1) is 0 Å². The number of nitrogens with zero attached hydrogens (tertiary/aromatic N) is 1. The van der Waals surface area contributed by atoms with E-state index < -0.39 is 11.9 Å². The summed E-state index contributed by atoms with van der Waals surface area (Å²) in [7, 11) is 0. The molecule has 24 heavy (non-hydrogen) atoms. The largest absolute Gasteiger partial charge is 0.507 e. The minimum Gasteiger partial charge on any atom is -0.507 e. The van der Waals surface area contributed by atoms with Crippen LogP contribution in [0.1, 0.15) is 22.8 Å². The van der Waals surface area contributed by atoms with Crippen LogP contribution >= 0.6 is 15.9 Å². The van der Waals surface area contributed by atoms with Crippen LogP contribution in [0.3, 0.4) is 0 Å². The number of hydrogen-bond donors (Lipinski definition) is 3. The quantitative estimate of drug-likeness (QED) is 0.541. The molecule has 1 atom stereocenters. The van der Waals surface area contributed by atoms with Crippen LogP contribution in [0.15, 0.2) is 58.1 Å². The van der Waals surface area contributed by atoms with Gasteiger partial charge in [-0.3, -0.25) is 9.59 Å². The van der Waals surface area contributed by atoms with Gasteiger partial charge in [-0.1, -0.05) is 24.3 Å². The average Bonchev–Trinajstić information content (AvgIpc) is 2.56. The van der Waals surface area contributed by atoms with E-state index >= 15 is 0 Å². The van der Waals surface area contributed by atoms with E-state index in [-0.39, 0.29) is 11.7 Å². The van der Waals surface area contributed by atoms with Crippen molar-refractivity contribution in [1.29, 1.82) is 0 Å². The fourth-order valence-electron chi connectivity index (χ4n) is 1.84. The summed E-state index contributed by atoms with van der Waals surface area (Å²) in [5.41, 5.74) is 3.24. The molecule has 6 nitrogen and oxygen atoms in total. The molecule has 0 spiro atoms. The molecule has 2 aromatic rings. The molecule has 0 aliphatic heterocycles. The highest BCUT2D eigenvalue weighted by molar-refractivity contribution is 9.10. The van der Waals surface area contributed by atoms with Gasteiger partial charge in [0.25, 0.3) is 11.8 Å². The smallest absolute Gasteiger partial charge is 0.262 e. The fourth-order valence-corrected chi connectivity index (χ4v) is 2.31. The number of para-hydroxylation sites is 1. The Kier molecular flexibility index (Phi) is 6.08. The van der Waals surface area contributed by atoms with Crippen LogP contribution in [0.25, 0.3) is 0 Å². The molecular formula is C17H16BrN3O3. The first-order valence-electron chi connectivity index (χ1n) is 7.15. The summed E-state index contributed by atoms with van der Waals surface area (Å²) < 4.78 is 0.646. The third kappa shape index (κ3) is 4.66. The maximum absolute atomic E-state index is 12.1. The van der Waals surface area contributed by atoms with Crippen LogP contribution in [0.4, 0.5) is 0 Å². The van der Waals surface area contributed by atoms with Gasteiger partial charge in [-0.15, -0.1) is 0 Å². The molecule has 2 rings (SSSR count). The number of benzene rings is 2. The van der Waals surface area contributed by atoms with Gasteiger partial charge < -0.3 is 10.4 Å². The monoisotopic (exact) mass is 389 g/mol. The molecule has 0 bridgehead atoms. The number of hydrogen-bond acceptors (Lipinski definition) is 4. The summed E-state index contributed by atoms with van der Waals surface area (Å²) in [5.74, 6) is -0.775. The zero-order valence-electron chi connectivity index (χ0n) is 12.9. The van der Waals surface area contributed by atoms with Gasteiger partial charge in [0.15, 0.2) is 0 Å². The highest BCUT2D eigenvalue weighted by Crippen LogP contribution is 2.15. The Bertz CT molecular complexity index is 777. The molecule has 0 saturated heterocycles. The number of aromatic hydroxyl groups is 1. The number of halogens is 1. The SMILES string of the molecule is CC(NC(=O)c1ccccc1Br)C(=O)NN=Cc1ccccc1O. The van der Waals surface area contributed by atoms with E-state index in [1.54, 1.807) is 49.4 Å². The Morgan fingerprint density at radius 2 is 1.83 bits per heavy atom. The first kappa shape index (κ1) is 17.7. The summed E-state index contributed by atoms with van der Waals surface area (Å²) in [6.07, 6.45) is 1.33. The van der Waals surface area contributed by atoms with E-state index in [0.29, 0.717) is 15.6 Å². The lowest BCUT2D eigenvalue weighted by atomic mass is 10.2. The molecule has 0 aliphatic carbocycles. The van der Waals surface area contributed by atoms with Gasteiger partial charge in [-0.05, 0) is 47.1 Å². The average molecular weight is 390 g/mol. The van der Waals surface area contributed by atoms with E-state index in [9.17, 15) is 14.7 Å². The number of phenolic OH excluding ortho intramolecular Hbond substituents is 1. The van der Waals surface area contributed by atoms with Crippen molar-refractivity contribution >= 4 is 34.0 Å². The van der Waals surface area contributed by atoms with Crippen molar-refractivity contribution in [2.24, 2.45) is 5.10 Å². The standard InChI is InChI=1S/C17H16BrN3O3/c1-11(20-17(24)13-7-3-4-8-14(13)18)16(23)21-19-10-12-6-2-5-9-15(12)22/h2-11,22H,1H3,(H,20,24)(H,21,23). The molecule has 0 radical (unpaired) electrons. The van der Waals surface area contributed by atoms with Gasteiger partial charge >= 0.3 is 0 Å². The van der Waals surface area contributed by atoms with Gasteiger partial charge in [0.05, 0.1) is 11.8 Å². The highest BCUT2D eigenvalue weighted by Gasteiger charge is 2.17. The topological polar surface area (TPSA) is 90.8 Å². The predicted molar refractivity (Wildman–Crippen MR) is 94.9 cm³/mol. The Morgan fingerprint density at radius 1 is 1.17 bits per heavy atom. The zero-order chi connectivity index (χ0) is 17.5. The van der Waals surface area contributed by atoms with Gasteiger partial charge in [-0.2, -0.15) is 5.10 Å². The van der Waals surface area contributed by atoms with Gasteiger partial charge in [-0.25, -0.2) is 5.43 Å². The first-order valence-corrected chi connectivity index (χ1v) is 7.94. The molecule has 0 saturated carbocycles. The van der Waals surface area contributed by atoms with Gasteiger partial charge in [0.2, 0.25) is 0 Å². The Morgan fingerprint density at radius 3 is 2.54 bits per heavy atom. The number of phenols is 1. The number of rotatable bonds is 5. The third-order valence-corrected chi connectivity index (χ3v) is 3.87. The molecule has 0 aromatic heterocycles. The van der Waals surface area contributed by atoms with E-state index in [0.717, 1.165) is 0 Å². The molecule has 7 heteroatoms. The summed E-state index contributed by atoms with van der Waals surface area (Å²) >= 11 is 3.29. The Hall–Kier alpha value is -2.67. The molecule has 2 aromatic carbocycles. The first-order chi connectivity index (χ1) is 11.5. The normalized spacial score (nSPS) is 11.9. The summed E-state index contributed by atoms with van der Waals surface area (Å²) in [6, 6.07) is 12.8. The van der Waals surface area contributed by atoms with E-state index in [2.05, 4.69) is 31.8 Å². The van der Waals surface area contributed by atoms with Crippen molar-refractivity contribution in [3.8, 4) is 5.75 Å². The van der Waals surface area contributed by atoms with Gasteiger partial charge in [0.1, 0.15) is 11.8 Å². The van der Waals surface area contributed by atoms with Crippen LogP contribution in [-0.2, 0) is 4.79 Å². The van der Waals surface area contributed by atoms with Crippen molar-refractivity contribution in [2.75, 3.05) is 0 Å². The molecule has 0 fully saturated rings. The minimum atomic E-state index is -0.772. The lowest BCUT2D eigenvalue weighted by Gasteiger charge is -2.12. The molecule has 1 unspecified atom stereocenters. The minimum absolute atomic E-state index is 0.0609. The number of nitrogens with one attached hydrogen (secondary N) is 2. The van der Waals surface area contributed by atoms with Crippen molar-refractivity contribution in [1.82, 2.24) is 10.7 Å². The molecule has 0 heterocycles. The van der Waals surface area contributed by atoms with E-state index in [4.69, 9.17) is 0 Å². The van der Waals surface area contributed by atoms with Crippen LogP contribution in [0.5, 0.6) is 5.75 Å². The van der Waals surface area contributed by atoms with Crippen molar-refractivity contribution < 1.29 is 14.7 Å². The van der Waals surface area contributed by atoms with Crippen LogP contribution in [-0.4, -0.2) is 29.2 Å². The molecule has 0 aliphatic rings. The Balaban J connectivity index is 1.92. The molecular weight excluding hydrogens is 374 g/mol. The van der Waals surface area contributed by atoms with Crippen LogP contribution < -0.4 is 10.7 Å². The number of carbonyl (C=O) groups is 2. The maximum atomic E-state index is 12.1. The second-order valence-corrected chi connectivity index (χ2v) is 5.82. The molecule has 3 N–H and O–H groups in total. The van der Waals surface area contributed by atoms with Crippen molar-refractivity contribution in [3.05, 3.63) is 64.1 Å². The maximum Gasteiger partial charge on any atom is 0.262 e. The third-order valence-electron chi connectivity index (χ3n) is 3.17. The fraction of sp³-hybridized carbons (Fsp3) is 0.118. The zero-order valence-corrected chi connectivity index (χ0v) is 14.4. The summed E-state index contributed by atoms with van der Waals surface area (Å²) in [5, 5.41) is 16.0. The Labute approximate surface area is 147 Å². The molecule has 124 valence electrons. The number of hydrazone groups is 1. The van der Waals surface area contributed by atoms with E-state index in [1.165, 1.54) is 12.3 Å². The predicted octanol–water partition coefficient (Wildman–Crippen LogP) is 2.42. The molecule has 2 amide bonds. The van der Waals surface area contributed by atoms with Crippen LogP contribution in [0.2, 0.25) is 0 Å². The van der Waals surface area contributed by atoms with E-state index in [1.807, 2.05) is 0 Å². The lowest BCUT2D eigenvalue weighted by molar-refractivity contribution is -0.122.